The average molecular weight is 451 g/mol. The Kier molecular flexibility index (Phi) is 4.39. The van der Waals surface area contributed by atoms with Crippen LogP contribution in [0.1, 0.15) is 18.6 Å². The zero-order valence-electron chi connectivity index (χ0n) is 12.2. The molecule has 0 unspecified atom stereocenters. The molecule has 1 aromatic carbocycles. The van der Waals surface area contributed by atoms with Gasteiger partial charge in [-0.1, -0.05) is 12.1 Å². The van der Waals surface area contributed by atoms with Gasteiger partial charge in [0.2, 0.25) is 12.5 Å². The molecule has 8 nitrogen and oxygen atoms in total. The first-order valence-electron chi connectivity index (χ1n) is 6.60. The van der Waals surface area contributed by atoms with Crippen molar-refractivity contribution in [3.8, 4) is 17.2 Å². The zero-order valence-corrected chi connectivity index (χ0v) is 15.4. The van der Waals surface area contributed by atoms with E-state index in [9.17, 15) is 4.79 Å². The summed E-state index contributed by atoms with van der Waals surface area (Å²) in [4.78, 5) is 17.2. The Morgan fingerprint density at radius 2 is 2.04 bits per heavy atom. The van der Waals surface area contributed by atoms with Crippen molar-refractivity contribution in [1.29, 1.82) is 0 Å². The van der Waals surface area contributed by atoms with Gasteiger partial charge in [-0.05, 0) is 31.9 Å². The SMILES string of the molecule is COc1c(Br)c([C@H]2ON=C(C(=O)NN)[C@@H]2C)c(Br)c2c1OCO2. The lowest BCUT2D eigenvalue weighted by Crippen LogP contribution is -2.38. The Morgan fingerprint density at radius 3 is 2.70 bits per heavy atom. The molecule has 1 amide bonds. The quantitative estimate of drug-likeness (QED) is 0.414. The second-order valence-electron chi connectivity index (χ2n) is 4.90. The topological polar surface area (TPSA) is 104 Å². The van der Waals surface area contributed by atoms with Gasteiger partial charge in [0, 0.05) is 5.56 Å². The van der Waals surface area contributed by atoms with E-state index in [1.54, 1.807) is 0 Å². The lowest BCUT2D eigenvalue weighted by molar-refractivity contribution is -0.115. The number of methoxy groups -OCH3 is 1. The third kappa shape index (κ3) is 2.45. The molecule has 124 valence electrons. The van der Waals surface area contributed by atoms with Gasteiger partial charge in [-0.2, -0.15) is 0 Å². The standard InChI is InChI=1S/C13H13Br2N3O5/c1-4-8(13(19)17-16)18-23-9(4)5-6(14)10(20-2)12-11(7(5)15)21-3-22-12/h4,9H,3,16H2,1-2H3,(H,17,19)/t4-,9-/m0/s1. The van der Waals surface area contributed by atoms with E-state index in [0.29, 0.717) is 31.8 Å². The fraction of sp³-hybridized carbons (Fsp3) is 0.385. The normalized spacial score (nSPS) is 21.7. The lowest BCUT2D eigenvalue weighted by atomic mass is 9.93. The van der Waals surface area contributed by atoms with Gasteiger partial charge in [-0.3, -0.25) is 10.2 Å². The number of carbonyl (C=O) groups is 1. The molecule has 0 fully saturated rings. The van der Waals surface area contributed by atoms with Gasteiger partial charge >= 0.3 is 0 Å². The number of carbonyl (C=O) groups excluding carboxylic acids is 1. The van der Waals surface area contributed by atoms with Crippen LogP contribution in [0.5, 0.6) is 17.2 Å². The Balaban J connectivity index is 2.07. The smallest absolute Gasteiger partial charge is 0.283 e. The van der Waals surface area contributed by atoms with E-state index in [1.807, 2.05) is 6.92 Å². The number of ether oxygens (including phenoxy) is 3. The van der Waals surface area contributed by atoms with Crippen molar-refractivity contribution < 1.29 is 23.8 Å². The van der Waals surface area contributed by atoms with Crippen LogP contribution in [0.15, 0.2) is 14.1 Å². The second kappa shape index (κ2) is 6.17. The van der Waals surface area contributed by atoms with E-state index in [-0.39, 0.29) is 18.4 Å². The molecule has 0 radical (unpaired) electrons. The summed E-state index contributed by atoms with van der Waals surface area (Å²) in [6, 6.07) is 0. The molecule has 0 spiro atoms. The summed E-state index contributed by atoms with van der Waals surface area (Å²) in [5, 5.41) is 3.85. The van der Waals surface area contributed by atoms with Crippen molar-refractivity contribution >= 4 is 43.5 Å². The predicted octanol–water partition coefficient (Wildman–Crippen LogP) is 2.00. The number of rotatable bonds is 3. The van der Waals surface area contributed by atoms with Crippen LogP contribution < -0.4 is 25.5 Å². The van der Waals surface area contributed by atoms with Crippen molar-refractivity contribution in [1.82, 2.24) is 5.43 Å². The van der Waals surface area contributed by atoms with Crippen LogP contribution in [-0.4, -0.2) is 25.5 Å². The van der Waals surface area contributed by atoms with Crippen molar-refractivity contribution in [2.75, 3.05) is 13.9 Å². The van der Waals surface area contributed by atoms with E-state index in [1.165, 1.54) is 7.11 Å². The van der Waals surface area contributed by atoms with E-state index in [4.69, 9.17) is 24.9 Å². The lowest BCUT2D eigenvalue weighted by Gasteiger charge is -2.20. The van der Waals surface area contributed by atoms with Crippen LogP contribution in [0.4, 0.5) is 0 Å². The molecule has 3 N–H and O–H groups in total. The van der Waals surface area contributed by atoms with Crippen LogP contribution in [0, 0.1) is 5.92 Å². The Labute approximate surface area is 148 Å². The highest BCUT2D eigenvalue weighted by molar-refractivity contribution is 9.11. The number of amides is 1. The van der Waals surface area contributed by atoms with Gasteiger partial charge < -0.3 is 19.0 Å². The van der Waals surface area contributed by atoms with Gasteiger partial charge in [-0.25, -0.2) is 5.84 Å². The van der Waals surface area contributed by atoms with E-state index >= 15 is 0 Å². The van der Waals surface area contributed by atoms with Gasteiger partial charge in [0.1, 0.15) is 0 Å². The van der Waals surface area contributed by atoms with Crippen molar-refractivity contribution in [3.63, 3.8) is 0 Å². The molecule has 3 rings (SSSR count). The molecule has 0 saturated carbocycles. The summed E-state index contributed by atoms with van der Waals surface area (Å²) < 4.78 is 17.6. The number of hydrazine groups is 1. The van der Waals surface area contributed by atoms with Gasteiger partial charge in [0.05, 0.1) is 22.0 Å². The van der Waals surface area contributed by atoms with Crippen LogP contribution in [-0.2, 0) is 9.63 Å². The second-order valence-corrected chi connectivity index (χ2v) is 6.49. The minimum atomic E-state index is -0.519. The third-order valence-electron chi connectivity index (χ3n) is 3.69. The third-order valence-corrected chi connectivity index (χ3v) is 5.27. The molecule has 0 aliphatic carbocycles. The molecule has 10 heteroatoms. The number of nitrogens with zero attached hydrogens (tertiary/aromatic N) is 1. The number of hydrogen-bond donors (Lipinski definition) is 2. The Morgan fingerprint density at radius 1 is 1.35 bits per heavy atom. The molecule has 2 aliphatic heterocycles. The summed E-state index contributed by atoms with van der Waals surface area (Å²) in [5.74, 6) is 5.87. The number of nitrogens with one attached hydrogen (secondary N) is 1. The van der Waals surface area contributed by atoms with E-state index < -0.39 is 12.0 Å². The first-order valence-corrected chi connectivity index (χ1v) is 8.18. The largest absolute Gasteiger partial charge is 0.492 e. The summed E-state index contributed by atoms with van der Waals surface area (Å²) in [5.41, 5.74) is 2.99. The number of benzene rings is 1. The van der Waals surface area contributed by atoms with Gasteiger partial charge in [-0.15, -0.1) is 0 Å². The first kappa shape index (κ1) is 16.3. The van der Waals surface area contributed by atoms with Crippen LogP contribution in [0.25, 0.3) is 0 Å². The number of hydrogen-bond acceptors (Lipinski definition) is 7. The van der Waals surface area contributed by atoms with Crippen LogP contribution >= 0.6 is 31.9 Å². The zero-order chi connectivity index (χ0) is 16.7. The number of nitrogens with two attached hydrogens (primary N) is 1. The molecular formula is C13H13Br2N3O5. The van der Waals surface area contributed by atoms with Crippen LogP contribution in [0.3, 0.4) is 0 Å². The summed E-state index contributed by atoms with van der Waals surface area (Å²) in [6.45, 7) is 1.92. The maximum atomic E-state index is 11.7. The summed E-state index contributed by atoms with van der Waals surface area (Å²) >= 11 is 7.02. The van der Waals surface area contributed by atoms with Crippen molar-refractivity contribution in [2.45, 2.75) is 13.0 Å². The molecule has 2 atom stereocenters. The van der Waals surface area contributed by atoms with E-state index in [0.717, 1.165) is 0 Å². The molecule has 23 heavy (non-hydrogen) atoms. The number of fused-ring (bicyclic) bond motifs is 1. The van der Waals surface area contributed by atoms with Crippen LogP contribution in [0.2, 0.25) is 0 Å². The fourth-order valence-electron chi connectivity index (χ4n) is 2.54. The molecule has 0 aromatic heterocycles. The first-order chi connectivity index (χ1) is 11.0. The molecule has 2 aliphatic rings. The summed E-state index contributed by atoms with van der Waals surface area (Å²) in [6.07, 6.45) is -0.519. The van der Waals surface area contributed by atoms with Crippen molar-refractivity contribution in [2.24, 2.45) is 16.9 Å². The minimum Gasteiger partial charge on any atom is -0.492 e. The van der Waals surface area contributed by atoms with Crippen molar-refractivity contribution in [3.05, 3.63) is 14.5 Å². The van der Waals surface area contributed by atoms with E-state index in [2.05, 4.69) is 42.4 Å². The maximum Gasteiger partial charge on any atom is 0.283 e. The Hall–Kier alpha value is -1.52. The number of oxime groups is 1. The predicted molar refractivity (Wildman–Crippen MR) is 87.3 cm³/mol. The average Bonchev–Trinajstić information content (AvgIpc) is 3.15. The molecule has 0 bridgehead atoms. The highest BCUT2D eigenvalue weighted by Crippen LogP contribution is 2.55. The fourth-order valence-corrected chi connectivity index (χ4v) is 4.29. The monoisotopic (exact) mass is 449 g/mol. The molecule has 0 saturated heterocycles. The highest BCUT2D eigenvalue weighted by atomic mass is 79.9. The summed E-state index contributed by atoms with van der Waals surface area (Å²) in [7, 11) is 1.53. The maximum absolute atomic E-state index is 11.7. The molecule has 2 heterocycles. The molecule has 1 aromatic rings. The number of halogens is 2. The highest BCUT2D eigenvalue weighted by Gasteiger charge is 2.41. The Bertz CT molecular complexity index is 710. The van der Waals surface area contributed by atoms with Gasteiger partial charge in [0.25, 0.3) is 5.91 Å². The minimum absolute atomic E-state index is 0.0958. The van der Waals surface area contributed by atoms with Gasteiger partial charge in [0.15, 0.2) is 23.3 Å². The molecular weight excluding hydrogens is 438 g/mol.